The molecular formula is C13H11N5O2. The first-order chi connectivity index (χ1) is 9.79. The summed E-state index contributed by atoms with van der Waals surface area (Å²) in [5.41, 5.74) is 1.04. The number of nitrogens with zero attached hydrogens (tertiary/aromatic N) is 3. The number of aromatic nitrogens is 4. The molecule has 3 rings (SSSR count). The second-order valence-corrected chi connectivity index (χ2v) is 4.00. The highest BCUT2D eigenvalue weighted by atomic mass is 16.5. The van der Waals surface area contributed by atoms with Crippen LogP contribution in [0.3, 0.4) is 0 Å². The van der Waals surface area contributed by atoms with Crippen LogP contribution >= 0.6 is 0 Å². The van der Waals surface area contributed by atoms with Gasteiger partial charge in [-0.3, -0.25) is 9.89 Å². The van der Waals surface area contributed by atoms with E-state index in [1.807, 2.05) is 6.07 Å². The third-order valence-corrected chi connectivity index (χ3v) is 2.79. The minimum atomic E-state index is -0.256. The average Bonchev–Trinajstić information content (AvgIpc) is 2.92. The van der Waals surface area contributed by atoms with E-state index in [0.717, 1.165) is 0 Å². The van der Waals surface area contributed by atoms with E-state index in [4.69, 9.17) is 4.74 Å². The summed E-state index contributed by atoms with van der Waals surface area (Å²) in [7, 11) is 1.49. The van der Waals surface area contributed by atoms with Crippen molar-refractivity contribution in [2.24, 2.45) is 0 Å². The van der Waals surface area contributed by atoms with E-state index < -0.39 is 0 Å². The highest BCUT2D eigenvalue weighted by Gasteiger charge is 2.15. The average molecular weight is 269 g/mol. The monoisotopic (exact) mass is 269 g/mol. The van der Waals surface area contributed by atoms with E-state index >= 15 is 0 Å². The van der Waals surface area contributed by atoms with Crippen LogP contribution in [-0.2, 0) is 0 Å². The molecule has 1 aromatic carbocycles. The number of H-pyrrole nitrogens is 1. The van der Waals surface area contributed by atoms with Crippen molar-refractivity contribution in [1.29, 1.82) is 0 Å². The summed E-state index contributed by atoms with van der Waals surface area (Å²) in [6, 6.07) is 8.88. The van der Waals surface area contributed by atoms with E-state index in [1.165, 1.54) is 13.4 Å². The van der Waals surface area contributed by atoms with E-state index in [2.05, 4.69) is 25.5 Å². The van der Waals surface area contributed by atoms with Crippen LogP contribution in [0.1, 0.15) is 10.4 Å². The minimum Gasteiger partial charge on any atom is -0.479 e. The molecule has 0 spiro atoms. The Morgan fingerprint density at radius 2 is 2.05 bits per heavy atom. The highest BCUT2D eigenvalue weighted by molar-refractivity contribution is 6.08. The van der Waals surface area contributed by atoms with Gasteiger partial charge in [0.1, 0.15) is 11.7 Å². The molecular weight excluding hydrogens is 258 g/mol. The van der Waals surface area contributed by atoms with Gasteiger partial charge in [-0.15, -0.1) is 5.10 Å². The Labute approximate surface area is 114 Å². The van der Waals surface area contributed by atoms with Gasteiger partial charge in [-0.25, -0.2) is 9.97 Å². The Kier molecular flexibility index (Phi) is 3.00. The number of aromatic amines is 1. The number of nitrogens with one attached hydrogen (secondary N) is 2. The number of carbonyl (C=O) groups excluding carboxylic acids is 1. The number of fused-ring (bicyclic) bond motifs is 1. The van der Waals surface area contributed by atoms with Gasteiger partial charge in [0.15, 0.2) is 11.5 Å². The number of benzene rings is 1. The van der Waals surface area contributed by atoms with E-state index in [1.54, 1.807) is 24.3 Å². The zero-order valence-electron chi connectivity index (χ0n) is 10.6. The number of carbonyl (C=O) groups is 1. The SMILES string of the molecule is COc1n[nH]c2ncnc(NC(=O)c3ccccc3)c12. The lowest BCUT2D eigenvalue weighted by Crippen LogP contribution is -2.13. The van der Waals surface area contributed by atoms with Crippen LogP contribution in [0.15, 0.2) is 36.7 Å². The second kappa shape index (κ2) is 4.96. The van der Waals surface area contributed by atoms with Crippen molar-refractivity contribution in [3.05, 3.63) is 42.2 Å². The molecule has 2 N–H and O–H groups in total. The summed E-state index contributed by atoms with van der Waals surface area (Å²) in [6.45, 7) is 0. The van der Waals surface area contributed by atoms with Gasteiger partial charge in [-0.2, -0.15) is 0 Å². The zero-order valence-corrected chi connectivity index (χ0v) is 10.6. The first-order valence-corrected chi connectivity index (χ1v) is 5.89. The minimum absolute atomic E-state index is 0.256. The smallest absolute Gasteiger partial charge is 0.256 e. The van der Waals surface area contributed by atoms with Crippen LogP contribution in [0.25, 0.3) is 11.0 Å². The number of ether oxygens (including phenoxy) is 1. The van der Waals surface area contributed by atoms with E-state index in [-0.39, 0.29) is 5.91 Å². The molecule has 1 amide bonds. The van der Waals surface area contributed by atoms with Gasteiger partial charge in [-0.05, 0) is 12.1 Å². The van der Waals surface area contributed by atoms with Crippen molar-refractivity contribution in [3.8, 4) is 5.88 Å². The van der Waals surface area contributed by atoms with Crippen LogP contribution < -0.4 is 10.1 Å². The number of amides is 1. The molecule has 0 aliphatic carbocycles. The van der Waals surface area contributed by atoms with Gasteiger partial charge < -0.3 is 10.1 Å². The van der Waals surface area contributed by atoms with Gasteiger partial charge in [0.05, 0.1) is 7.11 Å². The van der Waals surface area contributed by atoms with Crippen LogP contribution in [-0.4, -0.2) is 33.2 Å². The topological polar surface area (TPSA) is 92.8 Å². The summed E-state index contributed by atoms with van der Waals surface area (Å²) in [6.07, 6.45) is 1.35. The molecule has 0 unspecified atom stereocenters. The van der Waals surface area contributed by atoms with Crippen molar-refractivity contribution in [1.82, 2.24) is 20.2 Å². The Morgan fingerprint density at radius 3 is 2.80 bits per heavy atom. The fourth-order valence-corrected chi connectivity index (χ4v) is 1.84. The number of rotatable bonds is 3. The van der Waals surface area contributed by atoms with Gasteiger partial charge in [0, 0.05) is 5.56 Å². The molecule has 0 atom stereocenters. The molecule has 7 heteroatoms. The lowest BCUT2D eigenvalue weighted by Gasteiger charge is -2.05. The summed E-state index contributed by atoms with van der Waals surface area (Å²) < 4.78 is 5.12. The Balaban J connectivity index is 1.99. The van der Waals surface area contributed by atoms with Crippen molar-refractivity contribution in [2.75, 3.05) is 12.4 Å². The van der Waals surface area contributed by atoms with Crippen LogP contribution in [0.4, 0.5) is 5.82 Å². The van der Waals surface area contributed by atoms with Crippen LogP contribution in [0.5, 0.6) is 5.88 Å². The molecule has 3 aromatic rings. The predicted molar refractivity (Wildman–Crippen MR) is 72.6 cm³/mol. The largest absolute Gasteiger partial charge is 0.479 e. The Morgan fingerprint density at radius 1 is 1.25 bits per heavy atom. The van der Waals surface area contributed by atoms with Crippen LogP contribution in [0.2, 0.25) is 0 Å². The normalized spacial score (nSPS) is 10.4. The maximum absolute atomic E-state index is 12.1. The summed E-state index contributed by atoms with van der Waals surface area (Å²) >= 11 is 0. The van der Waals surface area contributed by atoms with E-state index in [9.17, 15) is 4.79 Å². The number of anilines is 1. The van der Waals surface area contributed by atoms with E-state index in [0.29, 0.717) is 28.3 Å². The third-order valence-electron chi connectivity index (χ3n) is 2.79. The molecule has 0 bridgehead atoms. The fourth-order valence-electron chi connectivity index (χ4n) is 1.84. The molecule has 2 aromatic heterocycles. The summed E-state index contributed by atoms with van der Waals surface area (Å²) in [5.74, 6) is 0.437. The lowest BCUT2D eigenvalue weighted by molar-refractivity contribution is 0.102. The lowest BCUT2D eigenvalue weighted by atomic mass is 10.2. The molecule has 2 heterocycles. The molecule has 0 aliphatic rings. The molecule has 20 heavy (non-hydrogen) atoms. The number of hydrogen-bond acceptors (Lipinski definition) is 5. The predicted octanol–water partition coefficient (Wildman–Crippen LogP) is 1.61. The number of methoxy groups -OCH3 is 1. The quantitative estimate of drug-likeness (QED) is 0.753. The third kappa shape index (κ3) is 2.05. The highest BCUT2D eigenvalue weighted by Crippen LogP contribution is 2.26. The van der Waals surface area contributed by atoms with Crippen LogP contribution in [0, 0.1) is 0 Å². The maximum atomic E-state index is 12.1. The number of hydrogen-bond donors (Lipinski definition) is 2. The summed E-state index contributed by atoms with van der Waals surface area (Å²) in [4.78, 5) is 20.2. The van der Waals surface area contributed by atoms with Crippen molar-refractivity contribution in [3.63, 3.8) is 0 Å². The fraction of sp³-hybridized carbons (Fsp3) is 0.0769. The molecule has 0 radical (unpaired) electrons. The van der Waals surface area contributed by atoms with Crippen molar-refractivity contribution < 1.29 is 9.53 Å². The van der Waals surface area contributed by atoms with Gasteiger partial charge in [0.2, 0.25) is 5.88 Å². The molecule has 100 valence electrons. The molecule has 0 saturated heterocycles. The van der Waals surface area contributed by atoms with Gasteiger partial charge in [-0.1, -0.05) is 18.2 Å². The van der Waals surface area contributed by atoms with Gasteiger partial charge >= 0.3 is 0 Å². The first-order valence-electron chi connectivity index (χ1n) is 5.89. The molecule has 0 fully saturated rings. The standard InChI is InChI=1S/C13H11N5O2/c1-20-13-9-10(14-7-15-11(9)17-18-13)16-12(19)8-5-3-2-4-6-8/h2-7H,1H3,(H2,14,15,16,17,18,19). The van der Waals surface area contributed by atoms with Crippen molar-refractivity contribution in [2.45, 2.75) is 0 Å². The zero-order chi connectivity index (χ0) is 13.9. The molecule has 7 nitrogen and oxygen atoms in total. The first kappa shape index (κ1) is 12.1. The summed E-state index contributed by atoms with van der Waals surface area (Å²) in [5, 5.41) is 9.94. The molecule has 0 saturated carbocycles. The molecule has 0 aliphatic heterocycles. The maximum Gasteiger partial charge on any atom is 0.256 e. The second-order valence-electron chi connectivity index (χ2n) is 4.00. The van der Waals surface area contributed by atoms with Gasteiger partial charge in [0.25, 0.3) is 5.91 Å². The Hall–Kier alpha value is -2.96. The Bertz CT molecular complexity index is 754. The van der Waals surface area contributed by atoms with Crippen molar-refractivity contribution >= 4 is 22.8 Å².